The van der Waals surface area contributed by atoms with Crippen molar-refractivity contribution >= 4 is 22.7 Å². The Bertz CT molecular complexity index is 842. The van der Waals surface area contributed by atoms with Crippen molar-refractivity contribution in [1.29, 1.82) is 0 Å². The van der Waals surface area contributed by atoms with Gasteiger partial charge in [-0.05, 0) is 23.8 Å². The van der Waals surface area contributed by atoms with Crippen LogP contribution in [0.5, 0.6) is 0 Å². The minimum Gasteiger partial charge on any atom is -0.368 e. The van der Waals surface area contributed by atoms with E-state index < -0.39 is 17.9 Å². The molecule has 1 aromatic carbocycles. The molecule has 1 atom stereocenters. The summed E-state index contributed by atoms with van der Waals surface area (Å²) in [6.45, 7) is 0. The van der Waals surface area contributed by atoms with E-state index in [2.05, 4.69) is 15.3 Å². The summed E-state index contributed by atoms with van der Waals surface area (Å²) >= 11 is 0. The van der Waals surface area contributed by atoms with E-state index in [4.69, 9.17) is 5.73 Å². The summed E-state index contributed by atoms with van der Waals surface area (Å²) in [4.78, 5) is 31.0. The summed E-state index contributed by atoms with van der Waals surface area (Å²) < 4.78 is 0. The number of hydrogen-bond donors (Lipinski definition) is 3. The number of hydrogen-bond acceptors (Lipinski definition) is 3. The number of aromatic amines is 1. The lowest BCUT2D eigenvalue weighted by molar-refractivity contribution is -0.119. The number of benzene rings is 1. The van der Waals surface area contributed by atoms with Crippen molar-refractivity contribution in [3.63, 3.8) is 0 Å². The van der Waals surface area contributed by atoms with Crippen molar-refractivity contribution in [2.75, 3.05) is 0 Å². The summed E-state index contributed by atoms with van der Waals surface area (Å²) in [5.74, 6) is -1.01. The van der Waals surface area contributed by atoms with Crippen LogP contribution in [0.25, 0.3) is 10.9 Å². The van der Waals surface area contributed by atoms with Gasteiger partial charge in [0.2, 0.25) is 5.91 Å². The molecule has 6 nitrogen and oxygen atoms in total. The highest BCUT2D eigenvalue weighted by atomic mass is 16.2. The normalized spacial score (nSPS) is 12.0. The fourth-order valence-electron chi connectivity index (χ4n) is 2.47. The summed E-state index contributed by atoms with van der Waals surface area (Å²) in [6, 6.07) is 12.0. The molecule has 0 aliphatic heterocycles. The van der Waals surface area contributed by atoms with Crippen LogP contribution < -0.4 is 11.1 Å². The predicted octanol–water partition coefficient (Wildman–Crippen LogP) is 1.39. The summed E-state index contributed by atoms with van der Waals surface area (Å²) in [7, 11) is 0. The Kier molecular flexibility index (Phi) is 4.05. The molecule has 0 radical (unpaired) electrons. The standard InChI is InChI=1S/C17H16N4O2/c18-16(22)15(21-17(23)14-7-3-4-8-19-14)9-11-10-20-13-6-2-1-5-12(11)13/h1-8,10,15,20H,9H2,(H2,18,22)(H,21,23)/t15-/m0/s1. The number of aromatic nitrogens is 2. The summed E-state index contributed by atoms with van der Waals surface area (Å²) in [5, 5.41) is 3.65. The lowest BCUT2D eigenvalue weighted by Gasteiger charge is -2.14. The van der Waals surface area contributed by atoms with Crippen LogP contribution in [0.4, 0.5) is 0 Å². The molecule has 6 heteroatoms. The average molecular weight is 308 g/mol. The van der Waals surface area contributed by atoms with Crippen LogP contribution >= 0.6 is 0 Å². The highest BCUT2D eigenvalue weighted by molar-refractivity contribution is 5.96. The Labute approximate surface area is 132 Å². The third-order valence-corrected chi connectivity index (χ3v) is 3.65. The van der Waals surface area contributed by atoms with Crippen LogP contribution in [0.2, 0.25) is 0 Å². The van der Waals surface area contributed by atoms with Gasteiger partial charge in [0.05, 0.1) is 0 Å². The van der Waals surface area contributed by atoms with Gasteiger partial charge in [0, 0.05) is 29.7 Å². The molecule has 0 bridgehead atoms. The molecule has 2 aromatic heterocycles. The lowest BCUT2D eigenvalue weighted by Crippen LogP contribution is -2.46. The number of carbonyl (C=O) groups excluding carboxylic acids is 2. The van der Waals surface area contributed by atoms with E-state index in [1.165, 1.54) is 6.20 Å². The second kappa shape index (κ2) is 6.31. The van der Waals surface area contributed by atoms with E-state index in [1.807, 2.05) is 30.5 Å². The van der Waals surface area contributed by atoms with Crippen molar-refractivity contribution in [2.45, 2.75) is 12.5 Å². The molecule has 2 amide bonds. The Morgan fingerprint density at radius 1 is 1.17 bits per heavy atom. The zero-order chi connectivity index (χ0) is 16.2. The van der Waals surface area contributed by atoms with E-state index >= 15 is 0 Å². The van der Waals surface area contributed by atoms with Crippen molar-refractivity contribution in [2.24, 2.45) is 5.73 Å². The van der Waals surface area contributed by atoms with Gasteiger partial charge in [0.1, 0.15) is 11.7 Å². The first-order valence-electron chi connectivity index (χ1n) is 7.21. The van der Waals surface area contributed by atoms with Gasteiger partial charge < -0.3 is 16.0 Å². The zero-order valence-electron chi connectivity index (χ0n) is 12.3. The molecule has 0 unspecified atom stereocenters. The molecule has 0 aliphatic rings. The topological polar surface area (TPSA) is 101 Å². The molecule has 2 heterocycles. The molecule has 0 fully saturated rings. The van der Waals surface area contributed by atoms with Crippen LogP contribution in [0.3, 0.4) is 0 Å². The van der Waals surface area contributed by atoms with Gasteiger partial charge >= 0.3 is 0 Å². The maximum atomic E-state index is 12.2. The predicted molar refractivity (Wildman–Crippen MR) is 86.7 cm³/mol. The first-order chi connectivity index (χ1) is 11.1. The van der Waals surface area contributed by atoms with E-state index in [-0.39, 0.29) is 5.69 Å². The molecule has 0 aliphatic carbocycles. The highest BCUT2D eigenvalue weighted by Crippen LogP contribution is 2.19. The Hall–Kier alpha value is -3.15. The highest BCUT2D eigenvalue weighted by Gasteiger charge is 2.21. The molecular weight excluding hydrogens is 292 g/mol. The van der Waals surface area contributed by atoms with Crippen LogP contribution in [0.1, 0.15) is 16.1 Å². The second-order valence-electron chi connectivity index (χ2n) is 5.21. The number of nitrogens with two attached hydrogens (primary N) is 1. The Morgan fingerprint density at radius 3 is 2.70 bits per heavy atom. The number of rotatable bonds is 5. The SMILES string of the molecule is NC(=O)[C@H](Cc1c[nH]c2ccccc12)NC(=O)c1ccccn1. The van der Waals surface area contributed by atoms with Gasteiger partial charge in [-0.15, -0.1) is 0 Å². The number of nitrogens with one attached hydrogen (secondary N) is 2. The van der Waals surface area contributed by atoms with Gasteiger partial charge in [-0.25, -0.2) is 0 Å². The third kappa shape index (κ3) is 3.21. The van der Waals surface area contributed by atoms with Crippen molar-refractivity contribution in [1.82, 2.24) is 15.3 Å². The molecule has 4 N–H and O–H groups in total. The number of H-pyrrole nitrogens is 1. The number of pyridine rings is 1. The number of fused-ring (bicyclic) bond motifs is 1. The number of carbonyl (C=O) groups is 2. The molecule has 116 valence electrons. The fraction of sp³-hybridized carbons (Fsp3) is 0.118. The van der Waals surface area contributed by atoms with E-state index in [0.29, 0.717) is 6.42 Å². The van der Waals surface area contributed by atoms with Crippen molar-refractivity contribution in [3.05, 3.63) is 66.1 Å². The third-order valence-electron chi connectivity index (χ3n) is 3.65. The van der Waals surface area contributed by atoms with E-state index in [0.717, 1.165) is 16.5 Å². The number of primary amides is 1. The van der Waals surface area contributed by atoms with Gasteiger partial charge in [0.25, 0.3) is 5.91 Å². The maximum absolute atomic E-state index is 12.2. The maximum Gasteiger partial charge on any atom is 0.270 e. The largest absolute Gasteiger partial charge is 0.368 e. The molecule has 0 saturated heterocycles. The van der Waals surface area contributed by atoms with E-state index in [9.17, 15) is 9.59 Å². The zero-order valence-corrected chi connectivity index (χ0v) is 12.3. The number of nitrogens with zero attached hydrogens (tertiary/aromatic N) is 1. The van der Waals surface area contributed by atoms with Crippen LogP contribution in [-0.2, 0) is 11.2 Å². The fourth-order valence-corrected chi connectivity index (χ4v) is 2.47. The number of amides is 2. The first kappa shape index (κ1) is 14.8. The molecule has 23 heavy (non-hydrogen) atoms. The van der Waals surface area contributed by atoms with E-state index in [1.54, 1.807) is 18.2 Å². The van der Waals surface area contributed by atoms with Crippen LogP contribution in [0.15, 0.2) is 54.9 Å². The minimum atomic E-state index is -0.802. The molecule has 3 aromatic rings. The molecular formula is C17H16N4O2. The summed E-state index contributed by atoms with van der Waals surface area (Å²) in [6.07, 6.45) is 3.67. The summed E-state index contributed by atoms with van der Waals surface area (Å²) in [5.41, 5.74) is 7.58. The van der Waals surface area contributed by atoms with Gasteiger partial charge in [-0.2, -0.15) is 0 Å². The average Bonchev–Trinajstić information content (AvgIpc) is 2.98. The van der Waals surface area contributed by atoms with Crippen molar-refractivity contribution < 1.29 is 9.59 Å². The minimum absolute atomic E-state index is 0.248. The smallest absolute Gasteiger partial charge is 0.270 e. The second-order valence-corrected chi connectivity index (χ2v) is 5.21. The Morgan fingerprint density at radius 2 is 1.96 bits per heavy atom. The van der Waals surface area contributed by atoms with Crippen molar-refractivity contribution in [3.8, 4) is 0 Å². The first-order valence-corrected chi connectivity index (χ1v) is 7.21. The lowest BCUT2D eigenvalue weighted by atomic mass is 10.0. The van der Waals surface area contributed by atoms with Crippen LogP contribution in [-0.4, -0.2) is 27.8 Å². The van der Waals surface area contributed by atoms with Gasteiger partial charge in [-0.1, -0.05) is 24.3 Å². The molecule has 3 rings (SSSR count). The quantitative estimate of drug-likeness (QED) is 0.664. The monoisotopic (exact) mass is 308 g/mol. The van der Waals surface area contributed by atoms with Crippen LogP contribution in [0, 0.1) is 0 Å². The van der Waals surface area contributed by atoms with Gasteiger partial charge in [-0.3, -0.25) is 14.6 Å². The molecule has 0 spiro atoms. The van der Waals surface area contributed by atoms with Gasteiger partial charge in [0.15, 0.2) is 0 Å². The molecule has 0 saturated carbocycles. The number of para-hydroxylation sites is 1. The Balaban J connectivity index is 1.80.